The fourth-order valence-corrected chi connectivity index (χ4v) is 6.00. The number of amides is 2. The summed E-state index contributed by atoms with van der Waals surface area (Å²) in [6.45, 7) is 6.53. The summed E-state index contributed by atoms with van der Waals surface area (Å²) in [5.41, 5.74) is -0.232. The van der Waals surface area contributed by atoms with Crippen molar-refractivity contribution in [3.8, 4) is 11.3 Å². The van der Waals surface area contributed by atoms with Crippen molar-refractivity contribution in [1.82, 2.24) is 15.1 Å². The Morgan fingerprint density at radius 3 is 2.51 bits per heavy atom. The number of carbonyl (C=O) groups excluding carboxylic acids is 2. The number of furan rings is 1. The van der Waals surface area contributed by atoms with E-state index in [0.29, 0.717) is 49.1 Å². The molecule has 1 aromatic heterocycles. The van der Waals surface area contributed by atoms with Crippen LogP contribution in [0, 0.1) is 5.41 Å². The van der Waals surface area contributed by atoms with Crippen molar-refractivity contribution in [2.75, 3.05) is 13.6 Å². The first kappa shape index (κ1) is 27.2. The number of carboxylic acid groups (broad SMARTS) is 1. The van der Waals surface area contributed by atoms with Gasteiger partial charge in [0.05, 0.1) is 5.41 Å². The van der Waals surface area contributed by atoms with Gasteiger partial charge in [-0.2, -0.15) is 0 Å². The van der Waals surface area contributed by atoms with Crippen LogP contribution in [-0.4, -0.2) is 70.4 Å². The minimum absolute atomic E-state index is 0.113. The molecule has 4 rings (SSSR count). The second-order valence-corrected chi connectivity index (χ2v) is 11.0. The first-order chi connectivity index (χ1) is 17.6. The molecule has 200 valence electrons. The van der Waals surface area contributed by atoms with E-state index in [0.717, 1.165) is 12.0 Å². The highest BCUT2D eigenvalue weighted by Crippen LogP contribution is 2.45. The molecule has 1 aliphatic carbocycles. The van der Waals surface area contributed by atoms with Crippen LogP contribution < -0.4 is 5.32 Å². The van der Waals surface area contributed by atoms with Gasteiger partial charge in [-0.1, -0.05) is 18.5 Å². The zero-order chi connectivity index (χ0) is 26.9. The minimum Gasteiger partial charge on any atom is -0.481 e. The van der Waals surface area contributed by atoms with E-state index < -0.39 is 29.4 Å². The van der Waals surface area contributed by atoms with Crippen molar-refractivity contribution in [1.29, 1.82) is 0 Å². The van der Waals surface area contributed by atoms with E-state index in [1.807, 2.05) is 14.0 Å². The molecule has 9 heteroatoms. The first-order valence-corrected chi connectivity index (χ1v) is 13.4. The van der Waals surface area contributed by atoms with Gasteiger partial charge in [-0.3, -0.25) is 14.4 Å². The van der Waals surface area contributed by atoms with E-state index in [1.165, 1.54) is 0 Å². The summed E-state index contributed by atoms with van der Waals surface area (Å²) < 4.78 is 5.73. The monoisotopic (exact) mass is 529 g/mol. The lowest BCUT2D eigenvalue weighted by molar-refractivity contribution is -0.161. The molecule has 2 aromatic rings. The summed E-state index contributed by atoms with van der Waals surface area (Å²) in [6, 6.07) is 9.71. The van der Waals surface area contributed by atoms with Crippen molar-refractivity contribution < 1.29 is 23.9 Å². The topological polar surface area (TPSA) is 103 Å². The average molecular weight is 530 g/mol. The van der Waals surface area contributed by atoms with Gasteiger partial charge in [0, 0.05) is 35.3 Å². The summed E-state index contributed by atoms with van der Waals surface area (Å²) in [5.74, 6) is -0.909. The lowest BCUT2D eigenvalue weighted by Crippen LogP contribution is -2.59. The number of benzene rings is 1. The maximum atomic E-state index is 13.4. The molecule has 2 aliphatic rings. The maximum absolute atomic E-state index is 13.4. The Morgan fingerprint density at radius 1 is 1.19 bits per heavy atom. The van der Waals surface area contributed by atoms with Gasteiger partial charge in [0.25, 0.3) is 5.91 Å². The Kier molecular flexibility index (Phi) is 7.99. The molecule has 1 aliphatic heterocycles. The average Bonchev–Trinajstić information content (AvgIpc) is 3.51. The van der Waals surface area contributed by atoms with Crippen molar-refractivity contribution in [2.24, 2.45) is 5.41 Å². The Bertz CT molecular complexity index is 1150. The van der Waals surface area contributed by atoms with Crippen LogP contribution in [0.4, 0.5) is 0 Å². The lowest BCUT2D eigenvalue weighted by Gasteiger charge is -2.49. The predicted molar refractivity (Wildman–Crippen MR) is 141 cm³/mol. The Hall–Kier alpha value is -2.84. The fraction of sp³-hybridized carbons (Fsp3) is 0.536. The first-order valence-electron chi connectivity index (χ1n) is 13.0. The van der Waals surface area contributed by atoms with E-state index in [2.05, 4.69) is 24.1 Å². The van der Waals surface area contributed by atoms with Crippen LogP contribution in [0.1, 0.15) is 63.4 Å². The number of carbonyl (C=O) groups is 3. The molecule has 2 amide bonds. The van der Waals surface area contributed by atoms with Gasteiger partial charge in [0.2, 0.25) is 5.91 Å². The highest BCUT2D eigenvalue weighted by molar-refractivity contribution is 6.30. The van der Waals surface area contributed by atoms with Gasteiger partial charge in [-0.05, 0) is 89.4 Å². The molecule has 2 fully saturated rings. The predicted octanol–water partition coefficient (Wildman–Crippen LogP) is 4.67. The standard InChI is InChI=1S/C28H36ClN3O5/c1-5-28(27(35)36)16-20(31(4)17(2)3)10-13-24(28)32-15-14-21(26(32)34)30-25(33)23-12-11-22(37-23)18-6-8-19(29)9-7-18/h6-9,11-12,17,20-21,24H,5,10,13-16H2,1-4H3,(H,30,33)(H,35,36)/t20-,21+,24+,28+/m1/s1. The SMILES string of the molecule is CC[C@]1(C(=O)O)C[C@H](N(C)C(C)C)CC[C@@H]1N1CC[C@H](NC(=O)c2ccc(-c3ccc(Cl)cc3)o2)C1=O. The summed E-state index contributed by atoms with van der Waals surface area (Å²) in [6.07, 6.45) is 2.82. The third kappa shape index (κ3) is 5.27. The summed E-state index contributed by atoms with van der Waals surface area (Å²) in [4.78, 5) is 42.9. The quantitative estimate of drug-likeness (QED) is 0.515. The lowest BCUT2D eigenvalue weighted by atomic mass is 9.65. The van der Waals surface area contributed by atoms with E-state index in [-0.39, 0.29) is 17.7 Å². The zero-order valence-corrected chi connectivity index (χ0v) is 22.6. The molecular formula is C28H36ClN3O5. The van der Waals surface area contributed by atoms with Crippen LogP contribution in [0.5, 0.6) is 0 Å². The van der Waals surface area contributed by atoms with Crippen molar-refractivity contribution in [2.45, 2.75) is 77.0 Å². The smallest absolute Gasteiger partial charge is 0.311 e. The summed E-state index contributed by atoms with van der Waals surface area (Å²) in [5, 5.41) is 13.8. The summed E-state index contributed by atoms with van der Waals surface area (Å²) >= 11 is 5.94. The zero-order valence-electron chi connectivity index (χ0n) is 21.9. The van der Waals surface area contributed by atoms with Crippen LogP contribution in [0.2, 0.25) is 5.02 Å². The third-order valence-corrected chi connectivity index (χ3v) is 8.59. The molecule has 0 spiro atoms. The molecule has 8 nitrogen and oxygen atoms in total. The number of likely N-dealkylation sites (tertiary alicyclic amines) is 1. The molecule has 1 saturated heterocycles. The molecule has 2 N–H and O–H groups in total. The molecule has 4 atom stereocenters. The van der Waals surface area contributed by atoms with Gasteiger partial charge in [-0.15, -0.1) is 0 Å². The van der Waals surface area contributed by atoms with Gasteiger partial charge in [-0.25, -0.2) is 0 Å². The van der Waals surface area contributed by atoms with Gasteiger partial charge < -0.3 is 24.6 Å². The number of halogens is 1. The Labute approximate surface area is 222 Å². The number of hydrogen-bond acceptors (Lipinski definition) is 5. The van der Waals surface area contributed by atoms with Crippen LogP contribution in [-0.2, 0) is 9.59 Å². The van der Waals surface area contributed by atoms with Crippen LogP contribution in [0.3, 0.4) is 0 Å². The number of aliphatic carboxylic acids is 1. The van der Waals surface area contributed by atoms with E-state index >= 15 is 0 Å². The number of rotatable bonds is 8. The van der Waals surface area contributed by atoms with Crippen molar-refractivity contribution >= 4 is 29.4 Å². The third-order valence-electron chi connectivity index (χ3n) is 8.34. The molecule has 0 radical (unpaired) electrons. The van der Waals surface area contributed by atoms with Crippen LogP contribution >= 0.6 is 11.6 Å². The second-order valence-electron chi connectivity index (χ2n) is 10.5. The Balaban J connectivity index is 1.46. The second kappa shape index (κ2) is 10.9. The number of nitrogens with one attached hydrogen (secondary N) is 1. The van der Waals surface area contributed by atoms with Gasteiger partial charge >= 0.3 is 5.97 Å². The highest BCUT2D eigenvalue weighted by atomic mass is 35.5. The maximum Gasteiger partial charge on any atom is 0.311 e. The molecule has 0 unspecified atom stereocenters. The summed E-state index contributed by atoms with van der Waals surface area (Å²) in [7, 11) is 2.04. The molecular weight excluding hydrogens is 494 g/mol. The molecule has 1 saturated carbocycles. The largest absolute Gasteiger partial charge is 0.481 e. The van der Waals surface area contributed by atoms with Gasteiger partial charge in [0.15, 0.2) is 5.76 Å². The Morgan fingerprint density at radius 2 is 1.89 bits per heavy atom. The molecule has 0 bridgehead atoms. The van der Waals surface area contributed by atoms with Crippen LogP contribution in [0.15, 0.2) is 40.8 Å². The normalized spacial score (nSPS) is 26.2. The highest BCUT2D eigenvalue weighted by Gasteiger charge is 2.54. The molecule has 37 heavy (non-hydrogen) atoms. The fourth-order valence-electron chi connectivity index (χ4n) is 5.87. The number of carboxylic acids is 1. The van der Waals surface area contributed by atoms with Gasteiger partial charge in [0.1, 0.15) is 11.8 Å². The van der Waals surface area contributed by atoms with E-state index in [4.69, 9.17) is 16.0 Å². The number of nitrogens with zero attached hydrogens (tertiary/aromatic N) is 2. The molecule has 2 heterocycles. The van der Waals surface area contributed by atoms with Crippen LogP contribution in [0.25, 0.3) is 11.3 Å². The van der Waals surface area contributed by atoms with Crippen molar-refractivity contribution in [3.05, 3.63) is 47.2 Å². The minimum atomic E-state index is -1.02. The molecule has 1 aromatic carbocycles. The van der Waals surface area contributed by atoms with E-state index in [9.17, 15) is 19.5 Å². The van der Waals surface area contributed by atoms with Crippen molar-refractivity contribution in [3.63, 3.8) is 0 Å². The van der Waals surface area contributed by atoms with E-state index in [1.54, 1.807) is 41.3 Å². The number of hydrogen-bond donors (Lipinski definition) is 2.